The van der Waals surface area contributed by atoms with Crippen LogP contribution < -0.4 is 10.6 Å². The maximum absolute atomic E-state index is 12.4. The first-order valence-corrected chi connectivity index (χ1v) is 9.23. The van der Waals surface area contributed by atoms with Crippen LogP contribution >= 0.6 is 0 Å². The summed E-state index contributed by atoms with van der Waals surface area (Å²) in [6.07, 6.45) is 1.25. The molecule has 0 unspecified atom stereocenters. The first kappa shape index (κ1) is 19.6. The average Bonchev–Trinajstić information content (AvgIpc) is 3.06. The van der Waals surface area contributed by atoms with Gasteiger partial charge in [0.15, 0.2) is 5.82 Å². The molecule has 1 saturated heterocycles. The van der Waals surface area contributed by atoms with E-state index in [1.807, 2.05) is 0 Å². The third kappa shape index (κ3) is 4.96. The molecule has 0 bridgehead atoms. The zero-order valence-corrected chi connectivity index (χ0v) is 16.2. The SMILES string of the molecule is CCOC(=O)N1CCC(Nc2cc(C(=O)Nc3cc(C)on3)nc(C)n2)CC1. The highest BCUT2D eigenvalue weighted by atomic mass is 16.6. The quantitative estimate of drug-likeness (QED) is 0.800. The monoisotopic (exact) mass is 388 g/mol. The number of aromatic nitrogens is 3. The molecule has 0 aliphatic carbocycles. The van der Waals surface area contributed by atoms with Gasteiger partial charge in [0.2, 0.25) is 0 Å². The molecule has 1 aliphatic heterocycles. The second-order valence-electron chi connectivity index (χ2n) is 6.57. The van der Waals surface area contributed by atoms with Gasteiger partial charge in [-0.25, -0.2) is 14.8 Å². The minimum atomic E-state index is -0.390. The molecule has 2 aromatic rings. The smallest absolute Gasteiger partial charge is 0.409 e. The Morgan fingerprint density at radius 2 is 1.96 bits per heavy atom. The molecule has 3 heterocycles. The van der Waals surface area contributed by atoms with E-state index in [4.69, 9.17) is 9.26 Å². The summed E-state index contributed by atoms with van der Waals surface area (Å²) in [4.78, 5) is 34.5. The van der Waals surface area contributed by atoms with Crippen molar-refractivity contribution in [3.8, 4) is 0 Å². The lowest BCUT2D eigenvalue weighted by molar-refractivity contribution is 0.0980. The summed E-state index contributed by atoms with van der Waals surface area (Å²) >= 11 is 0. The van der Waals surface area contributed by atoms with E-state index < -0.39 is 0 Å². The summed E-state index contributed by atoms with van der Waals surface area (Å²) in [7, 11) is 0. The Morgan fingerprint density at radius 1 is 1.21 bits per heavy atom. The van der Waals surface area contributed by atoms with Gasteiger partial charge in [0.25, 0.3) is 5.91 Å². The second-order valence-corrected chi connectivity index (χ2v) is 6.57. The van der Waals surface area contributed by atoms with Crippen molar-refractivity contribution in [3.63, 3.8) is 0 Å². The molecule has 1 fully saturated rings. The standard InChI is InChI=1S/C18H24N6O4/c1-4-27-18(26)24-7-5-13(6-8-24)21-15-10-14(19-12(3)20-15)17(25)22-16-9-11(2)28-23-16/h9-10,13H,4-8H2,1-3H3,(H,19,20,21)(H,22,23,25). The van der Waals surface area contributed by atoms with Gasteiger partial charge in [0, 0.05) is 31.3 Å². The summed E-state index contributed by atoms with van der Waals surface area (Å²) in [6, 6.07) is 3.38. The summed E-state index contributed by atoms with van der Waals surface area (Å²) in [5.41, 5.74) is 0.236. The Hall–Kier alpha value is -3.17. The van der Waals surface area contributed by atoms with E-state index in [9.17, 15) is 9.59 Å². The van der Waals surface area contributed by atoms with Crippen molar-refractivity contribution in [2.75, 3.05) is 30.3 Å². The molecular weight excluding hydrogens is 364 g/mol. The molecule has 0 saturated carbocycles. The molecule has 0 spiro atoms. The number of piperidine rings is 1. The fraction of sp³-hybridized carbons (Fsp3) is 0.500. The molecule has 28 heavy (non-hydrogen) atoms. The van der Waals surface area contributed by atoms with Gasteiger partial charge in [-0.05, 0) is 33.6 Å². The molecule has 10 heteroatoms. The van der Waals surface area contributed by atoms with Crippen LogP contribution in [0.5, 0.6) is 0 Å². The number of hydrogen-bond donors (Lipinski definition) is 2. The summed E-state index contributed by atoms with van der Waals surface area (Å²) in [6.45, 7) is 6.86. The second kappa shape index (κ2) is 8.68. The fourth-order valence-electron chi connectivity index (χ4n) is 2.99. The molecule has 2 aromatic heterocycles. The number of carbonyl (C=O) groups is 2. The summed E-state index contributed by atoms with van der Waals surface area (Å²) in [5.74, 6) is 1.60. The van der Waals surface area contributed by atoms with E-state index in [2.05, 4.69) is 25.8 Å². The number of amides is 2. The zero-order valence-electron chi connectivity index (χ0n) is 16.2. The fourth-order valence-corrected chi connectivity index (χ4v) is 2.99. The number of rotatable bonds is 5. The number of likely N-dealkylation sites (tertiary alicyclic amines) is 1. The molecule has 150 valence electrons. The third-order valence-electron chi connectivity index (χ3n) is 4.31. The van der Waals surface area contributed by atoms with E-state index in [1.54, 1.807) is 37.8 Å². The number of nitrogens with one attached hydrogen (secondary N) is 2. The number of aryl methyl sites for hydroxylation is 2. The number of hydrogen-bond acceptors (Lipinski definition) is 8. The van der Waals surface area contributed by atoms with Crippen molar-refractivity contribution in [1.29, 1.82) is 0 Å². The number of ether oxygens (including phenoxy) is 1. The van der Waals surface area contributed by atoms with Gasteiger partial charge in [-0.2, -0.15) is 0 Å². The molecule has 0 aromatic carbocycles. The molecule has 1 aliphatic rings. The van der Waals surface area contributed by atoms with Gasteiger partial charge >= 0.3 is 6.09 Å². The molecule has 3 rings (SSSR count). The van der Waals surface area contributed by atoms with Crippen LogP contribution in [0.3, 0.4) is 0 Å². The lowest BCUT2D eigenvalue weighted by Crippen LogP contribution is -2.42. The number of nitrogens with zero attached hydrogens (tertiary/aromatic N) is 4. The van der Waals surface area contributed by atoms with Gasteiger partial charge in [0.05, 0.1) is 6.61 Å². The van der Waals surface area contributed by atoms with Gasteiger partial charge in [-0.1, -0.05) is 5.16 Å². The normalized spacial score (nSPS) is 14.6. The van der Waals surface area contributed by atoms with Crippen LogP contribution in [-0.2, 0) is 4.74 Å². The van der Waals surface area contributed by atoms with Crippen LogP contribution in [0.2, 0.25) is 0 Å². The van der Waals surface area contributed by atoms with Gasteiger partial charge < -0.3 is 24.8 Å². The number of carbonyl (C=O) groups excluding carboxylic acids is 2. The van der Waals surface area contributed by atoms with Crippen molar-refractivity contribution in [2.45, 2.75) is 39.7 Å². The van der Waals surface area contributed by atoms with Crippen molar-refractivity contribution >= 4 is 23.6 Å². The number of anilines is 2. The van der Waals surface area contributed by atoms with Crippen molar-refractivity contribution in [3.05, 3.63) is 29.4 Å². The predicted octanol–water partition coefficient (Wildman–Crippen LogP) is 2.37. The Labute approximate surface area is 162 Å². The minimum absolute atomic E-state index is 0.147. The average molecular weight is 388 g/mol. The van der Waals surface area contributed by atoms with Crippen LogP contribution in [0, 0.1) is 13.8 Å². The van der Waals surface area contributed by atoms with Crippen molar-refractivity contribution in [2.24, 2.45) is 0 Å². The van der Waals surface area contributed by atoms with Gasteiger partial charge in [-0.3, -0.25) is 4.79 Å². The zero-order chi connectivity index (χ0) is 20.1. The van der Waals surface area contributed by atoms with Crippen LogP contribution in [0.4, 0.5) is 16.4 Å². The van der Waals surface area contributed by atoms with Crippen LogP contribution in [0.15, 0.2) is 16.7 Å². The van der Waals surface area contributed by atoms with E-state index >= 15 is 0 Å². The van der Waals surface area contributed by atoms with E-state index in [0.717, 1.165) is 12.8 Å². The Kier molecular flexibility index (Phi) is 6.07. The van der Waals surface area contributed by atoms with Gasteiger partial charge in [-0.15, -0.1) is 0 Å². The maximum atomic E-state index is 12.4. The molecular formula is C18H24N6O4. The third-order valence-corrected chi connectivity index (χ3v) is 4.31. The first-order valence-electron chi connectivity index (χ1n) is 9.23. The summed E-state index contributed by atoms with van der Waals surface area (Å²) in [5, 5.41) is 9.73. The van der Waals surface area contributed by atoms with Crippen LogP contribution in [0.25, 0.3) is 0 Å². The molecule has 10 nitrogen and oxygen atoms in total. The Bertz CT molecular complexity index is 844. The maximum Gasteiger partial charge on any atom is 0.409 e. The highest BCUT2D eigenvalue weighted by Crippen LogP contribution is 2.17. The molecule has 0 radical (unpaired) electrons. The highest BCUT2D eigenvalue weighted by Gasteiger charge is 2.24. The van der Waals surface area contributed by atoms with Crippen molar-refractivity contribution in [1.82, 2.24) is 20.0 Å². The molecule has 0 atom stereocenters. The molecule has 2 amide bonds. The largest absolute Gasteiger partial charge is 0.450 e. The topological polar surface area (TPSA) is 122 Å². The van der Waals surface area contributed by atoms with E-state index in [0.29, 0.717) is 42.9 Å². The highest BCUT2D eigenvalue weighted by molar-refractivity contribution is 6.02. The van der Waals surface area contributed by atoms with E-state index in [1.165, 1.54) is 0 Å². The molecule has 2 N–H and O–H groups in total. The van der Waals surface area contributed by atoms with E-state index in [-0.39, 0.29) is 23.7 Å². The summed E-state index contributed by atoms with van der Waals surface area (Å²) < 4.78 is 9.98. The van der Waals surface area contributed by atoms with Crippen LogP contribution in [-0.4, -0.2) is 57.8 Å². The lowest BCUT2D eigenvalue weighted by atomic mass is 10.1. The lowest BCUT2D eigenvalue weighted by Gasteiger charge is -2.31. The predicted molar refractivity (Wildman–Crippen MR) is 101 cm³/mol. The van der Waals surface area contributed by atoms with Crippen LogP contribution in [0.1, 0.15) is 41.8 Å². The van der Waals surface area contributed by atoms with Gasteiger partial charge in [0.1, 0.15) is 23.1 Å². The first-order chi connectivity index (χ1) is 13.4. The van der Waals surface area contributed by atoms with Crippen molar-refractivity contribution < 1.29 is 18.8 Å². The Balaban J connectivity index is 1.61. The Morgan fingerprint density at radius 3 is 2.61 bits per heavy atom. The minimum Gasteiger partial charge on any atom is -0.450 e.